The number of rotatable bonds is 6. The van der Waals surface area contributed by atoms with Crippen molar-refractivity contribution in [3.63, 3.8) is 0 Å². The second-order valence-corrected chi connectivity index (χ2v) is 6.34. The minimum atomic E-state index is -0.310. The molecule has 3 rings (SSSR count). The van der Waals surface area contributed by atoms with Crippen LogP contribution in [0.1, 0.15) is 12.0 Å². The Balaban J connectivity index is 1.41. The molecule has 2 N–H and O–H groups in total. The highest BCUT2D eigenvalue weighted by atomic mass is 16.5. The molecule has 2 unspecified atom stereocenters. The summed E-state index contributed by atoms with van der Waals surface area (Å²) in [6.45, 7) is 4.65. The molecule has 1 saturated carbocycles. The standard InChI is InChI=1S/C18H22N4O3/c19-12-13-3-1-2-4-16(13)21-18(24)15-11-14(15)17(23)20-5-6-22-7-9-25-10-8-22/h1-4,14-15H,5-11H2,(H,20,23)(H,21,24). The normalized spacial score (nSPS) is 22.7. The number of nitriles is 1. The van der Waals surface area contributed by atoms with Crippen molar-refractivity contribution in [3.05, 3.63) is 29.8 Å². The smallest absolute Gasteiger partial charge is 0.228 e. The average Bonchev–Trinajstić information content (AvgIpc) is 3.44. The number of benzene rings is 1. The molecule has 0 bridgehead atoms. The number of nitrogens with one attached hydrogen (secondary N) is 2. The number of hydrogen-bond acceptors (Lipinski definition) is 5. The van der Waals surface area contributed by atoms with Crippen LogP contribution in [-0.4, -0.2) is 56.1 Å². The molecule has 1 heterocycles. The Morgan fingerprint density at radius 2 is 1.92 bits per heavy atom. The zero-order valence-electron chi connectivity index (χ0n) is 14.0. The predicted molar refractivity (Wildman–Crippen MR) is 91.7 cm³/mol. The summed E-state index contributed by atoms with van der Waals surface area (Å²) in [5.74, 6) is -0.841. The van der Waals surface area contributed by atoms with Crippen molar-refractivity contribution < 1.29 is 14.3 Å². The first kappa shape index (κ1) is 17.4. The first-order valence-corrected chi connectivity index (χ1v) is 8.57. The van der Waals surface area contributed by atoms with Gasteiger partial charge in [0, 0.05) is 26.2 Å². The molecule has 2 aliphatic rings. The van der Waals surface area contributed by atoms with Gasteiger partial charge in [-0.2, -0.15) is 5.26 Å². The van der Waals surface area contributed by atoms with Crippen LogP contribution in [0.25, 0.3) is 0 Å². The summed E-state index contributed by atoms with van der Waals surface area (Å²) < 4.78 is 5.29. The molecular weight excluding hydrogens is 320 g/mol. The molecule has 1 aromatic rings. The largest absolute Gasteiger partial charge is 0.379 e. The van der Waals surface area contributed by atoms with E-state index in [0.717, 1.165) is 32.8 Å². The van der Waals surface area contributed by atoms with Crippen molar-refractivity contribution in [2.75, 3.05) is 44.7 Å². The molecule has 7 nitrogen and oxygen atoms in total. The van der Waals surface area contributed by atoms with Gasteiger partial charge >= 0.3 is 0 Å². The minimum absolute atomic E-state index is 0.0676. The summed E-state index contributed by atoms with van der Waals surface area (Å²) in [6.07, 6.45) is 0.559. The van der Waals surface area contributed by atoms with Gasteiger partial charge in [0.15, 0.2) is 0 Å². The molecule has 25 heavy (non-hydrogen) atoms. The molecular formula is C18H22N4O3. The lowest BCUT2D eigenvalue weighted by molar-refractivity contribution is -0.125. The number of morpholine rings is 1. The van der Waals surface area contributed by atoms with Gasteiger partial charge in [0.05, 0.1) is 36.3 Å². The lowest BCUT2D eigenvalue weighted by Gasteiger charge is -2.26. The molecule has 132 valence electrons. The fourth-order valence-electron chi connectivity index (χ4n) is 2.98. The summed E-state index contributed by atoms with van der Waals surface area (Å²) in [6, 6.07) is 8.90. The summed E-state index contributed by atoms with van der Waals surface area (Å²) >= 11 is 0. The van der Waals surface area contributed by atoms with Crippen LogP contribution in [0.4, 0.5) is 5.69 Å². The fourth-order valence-corrected chi connectivity index (χ4v) is 2.98. The first-order valence-electron chi connectivity index (χ1n) is 8.57. The van der Waals surface area contributed by atoms with Gasteiger partial charge < -0.3 is 15.4 Å². The van der Waals surface area contributed by atoms with E-state index in [1.165, 1.54) is 0 Å². The van der Waals surface area contributed by atoms with Crippen molar-refractivity contribution in [1.82, 2.24) is 10.2 Å². The third kappa shape index (κ3) is 4.56. The topological polar surface area (TPSA) is 94.5 Å². The quantitative estimate of drug-likeness (QED) is 0.789. The van der Waals surface area contributed by atoms with Crippen LogP contribution in [0.5, 0.6) is 0 Å². The van der Waals surface area contributed by atoms with E-state index in [2.05, 4.69) is 15.5 Å². The maximum absolute atomic E-state index is 12.3. The molecule has 2 amide bonds. The van der Waals surface area contributed by atoms with Crippen molar-refractivity contribution >= 4 is 17.5 Å². The maximum Gasteiger partial charge on any atom is 0.228 e. The fraction of sp³-hybridized carbons (Fsp3) is 0.500. The van der Waals surface area contributed by atoms with Gasteiger partial charge in [0.2, 0.25) is 11.8 Å². The average molecular weight is 342 g/mol. The van der Waals surface area contributed by atoms with E-state index in [9.17, 15) is 9.59 Å². The van der Waals surface area contributed by atoms with Gasteiger partial charge in [0.25, 0.3) is 0 Å². The summed E-state index contributed by atoms with van der Waals surface area (Å²) in [4.78, 5) is 26.7. The first-order chi connectivity index (χ1) is 12.2. The third-order valence-corrected chi connectivity index (χ3v) is 4.60. The Morgan fingerprint density at radius 1 is 1.20 bits per heavy atom. The molecule has 1 aliphatic carbocycles. The Bertz CT molecular complexity index is 679. The van der Waals surface area contributed by atoms with Crippen molar-refractivity contribution in [1.29, 1.82) is 5.26 Å². The highest BCUT2D eigenvalue weighted by Crippen LogP contribution is 2.39. The van der Waals surface area contributed by atoms with Crippen LogP contribution in [0.2, 0.25) is 0 Å². The monoisotopic (exact) mass is 342 g/mol. The summed E-state index contributed by atoms with van der Waals surface area (Å²) in [7, 11) is 0. The third-order valence-electron chi connectivity index (χ3n) is 4.60. The lowest BCUT2D eigenvalue weighted by Crippen LogP contribution is -2.41. The van der Waals surface area contributed by atoms with Crippen LogP contribution < -0.4 is 10.6 Å². The van der Waals surface area contributed by atoms with Crippen molar-refractivity contribution in [3.8, 4) is 6.07 Å². The molecule has 2 atom stereocenters. The molecule has 0 radical (unpaired) electrons. The second kappa shape index (κ2) is 8.10. The Hall–Kier alpha value is -2.43. The number of nitrogens with zero attached hydrogens (tertiary/aromatic N) is 2. The highest BCUT2D eigenvalue weighted by Gasteiger charge is 2.48. The predicted octanol–water partition coefficient (Wildman–Crippen LogP) is 0.581. The van der Waals surface area contributed by atoms with Gasteiger partial charge in [-0.1, -0.05) is 12.1 Å². The van der Waals surface area contributed by atoms with E-state index in [1.807, 2.05) is 6.07 Å². The van der Waals surface area contributed by atoms with E-state index < -0.39 is 0 Å². The van der Waals surface area contributed by atoms with E-state index in [0.29, 0.717) is 24.2 Å². The zero-order chi connectivity index (χ0) is 17.6. The van der Waals surface area contributed by atoms with Crippen LogP contribution in [-0.2, 0) is 14.3 Å². The van der Waals surface area contributed by atoms with Gasteiger partial charge in [-0.25, -0.2) is 0 Å². The molecule has 1 aliphatic heterocycles. The highest BCUT2D eigenvalue weighted by molar-refractivity contribution is 6.00. The Morgan fingerprint density at radius 3 is 2.68 bits per heavy atom. The van der Waals surface area contributed by atoms with Gasteiger partial charge in [-0.15, -0.1) is 0 Å². The molecule has 7 heteroatoms. The van der Waals surface area contributed by atoms with E-state index >= 15 is 0 Å². The number of ether oxygens (including phenoxy) is 1. The van der Waals surface area contributed by atoms with Crippen molar-refractivity contribution in [2.24, 2.45) is 11.8 Å². The van der Waals surface area contributed by atoms with Crippen LogP contribution in [0, 0.1) is 23.2 Å². The summed E-state index contributed by atoms with van der Waals surface area (Å²) in [5, 5.41) is 14.7. The van der Waals surface area contributed by atoms with E-state index in [-0.39, 0.29) is 23.7 Å². The second-order valence-electron chi connectivity index (χ2n) is 6.34. The van der Waals surface area contributed by atoms with Gasteiger partial charge in [0.1, 0.15) is 6.07 Å². The number of anilines is 1. The van der Waals surface area contributed by atoms with Gasteiger partial charge in [-0.3, -0.25) is 14.5 Å². The number of carbonyl (C=O) groups excluding carboxylic acids is 2. The van der Waals surface area contributed by atoms with E-state index in [4.69, 9.17) is 10.00 Å². The van der Waals surface area contributed by atoms with E-state index in [1.54, 1.807) is 24.3 Å². The van der Waals surface area contributed by atoms with Crippen molar-refractivity contribution in [2.45, 2.75) is 6.42 Å². The Kier molecular flexibility index (Phi) is 5.64. The zero-order valence-corrected chi connectivity index (χ0v) is 14.0. The molecule has 1 aromatic carbocycles. The maximum atomic E-state index is 12.3. The lowest BCUT2D eigenvalue weighted by atomic mass is 10.2. The SMILES string of the molecule is N#Cc1ccccc1NC(=O)C1CC1C(=O)NCCN1CCOCC1. The molecule has 1 saturated heterocycles. The Labute approximate surface area is 146 Å². The minimum Gasteiger partial charge on any atom is -0.379 e. The number of para-hydroxylation sites is 1. The van der Waals surface area contributed by atoms with Gasteiger partial charge in [-0.05, 0) is 18.6 Å². The number of amides is 2. The molecule has 0 spiro atoms. The van der Waals surface area contributed by atoms with Crippen LogP contribution in [0.15, 0.2) is 24.3 Å². The summed E-state index contributed by atoms with van der Waals surface area (Å²) in [5.41, 5.74) is 0.913. The molecule has 2 fully saturated rings. The van der Waals surface area contributed by atoms with Crippen LogP contribution in [0.3, 0.4) is 0 Å². The number of carbonyl (C=O) groups is 2. The number of hydrogen-bond donors (Lipinski definition) is 2. The molecule has 0 aromatic heterocycles. The van der Waals surface area contributed by atoms with Crippen LogP contribution >= 0.6 is 0 Å².